The number of rotatable bonds is 0. The molecule has 0 aromatic rings. The summed E-state index contributed by atoms with van der Waals surface area (Å²) in [7, 11) is 0. The Morgan fingerprint density at radius 3 is 0.867 bits per heavy atom. The van der Waals surface area contributed by atoms with Crippen molar-refractivity contribution >= 4 is 25.4 Å². The maximum Gasteiger partial charge on any atom is 0.283 e. The third-order valence-electron chi connectivity index (χ3n) is 0. The molecule has 0 aromatic heterocycles. The molecule has 0 aliphatic carbocycles. The molecule has 0 radical (unpaired) electrons. The Morgan fingerprint density at radius 2 is 0.867 bits per heavy atom. The Kier molecular flexibility index (Phi) is 82.4. The summed E-state index contributed by atoms with van der Waals surface area (Å²) < 4.78 is 0. The van der Waals surface area contributed by atoms with Crippen LogP contribution in [0.15, 0.2) is 0 Å². The van der Waals surface area contributed by atoms with Crippen LogP contribution in [0.25, 0.3) is 0 Å². The Labute approximate surface area is 93.1 Å². The van der Waals surface area contributed by atoms with Crippen molar-refractivity contribution in [1.82, 2.24) is 0 Å². The molecule has 0 unspecified atom stereocenters. The Balaban J connectivity index is -0.0000000293. The smallest absolute Gasteiger partial charge is 0.283 e. The molecule has 0 saturated carbocycles. The van der Waals surface area contributed by atoms with Gasteiger partial charge >= 0.3 is 0 Å². The van der Waals surface area contributed by atoms with E-state index in [4.69, 9.17) is 31.6 Å². The van der Waals surface area contributed by atoms with Crippen molar-refractivity contribution in [2.75, 3.05) is 0 Å². The van der Waals surface area contributed by atoms with E-state index < -0.39 is 0 Å². The molecule has 0 spiro atoms. The van der Waals surface area contributed by atoms with Gasteiger partial charge in [0.25, 0.3) is 12.5 Å². The van der Waals surface area contributed by atoms with Gasteiger partial charge in [-0.2, -0.15) is 24.0 Å². The lowest BCUT2D eigenvalue weighted by Crippen LogP contribution is -2.20. The van der Waals surface area contributed by atoms with E-state index in [1.165, 1.54) is 0 Å². The highest BCUT2D eigenvalue weighted by Gasteiger charge is 1.52. The SMILES string of the molecule is N#CO.N#CO.N=C(N)N.N=C(N)N.S. The maximum atomic E-state index is 6.88. The van der Waals surface area contributed by atoms with Crippen LogP contribution in [0.4, 0.5) is 0 Å². The summed E-state index contributed by atoms with van der Waals surface area (Å²) in [6.07, 6.45) is 1.50. The van der Waals surface area contributed by atoms with Crippen LogP contribution in [0, 0.1) is 33.9 Å². The van der Waals surface area contributed by atoms with Crippen LogP contribution in [-0.2, 0) is 0 Å². The van der Waals surface area contributed by atoms with Crippen LogP contribution in [0.2, 0.25) is 0 Å². The largest absolute Gasteiger partial charge is 0.443 e. The highest BCUT2D eigenvalue weighted by atomic mass is 32.1. The van der Waals surface area contributed by atoms with Crippen LogP contribution in [0.1, 0.15) is 0 Å². The summed E-state index contributed by atoms with van der Waals surface area (Å²) in [6.45, 7) is 0. The molecule has 0 heterocycles. The fourth-order valence-corrected chi connectivity index (χ4v) is 0. The molecule has 10 nitrogen and oxygen atoms in total. The van der Waals surface area contributed by atoms with E-state index in [1.807, 2.05) is 0 Å². The molecule has 0 aliphatic rings. The third-order valence-corrected chi connectivity index (χ3v) is 0. The zero-order valence-corrected chi connectivity index (χ0v) is 8.60. The quantitative estimate of drug-likeness (QED) is 0.127. The lowest BCUT2D eigenvalue weighted by Gasteiger charge is -1.69. The monoisotopic (exact) mass is 238 g/mol. The van der Waals surface area contributed by atoms with Crippen LogP contribution in [0.5, 0.6) is 0 Å². The van der Waals surface area contributed by atoms with Crippen molar-refractivity contribution in [3.8, 4) is 12.5 Å². The number of nitrogens with zero attached hydrogens (tertiary/aromatic N) is 2. The molecular weight excluding hydrogens is 224 g/mol. The second-order valence-corrected chi connectivity index (χ2v) is 1.11. The first-order valence-corrected chi connectivity index (χ1v) is 2.55. The van der Waals surface area contributed by atoms with Gasteiger partial charge in [-0.3, -0.25) is 10.8 Å². The van der Waals surface area contributed by atoms with Crippen molar-refractivity contribution in [2.24, 2.45) is 22.9 Å². The Bertz CT molecular complexity index is 186. The minimum atomic E-state index is -0.333. The number of nitrogens with one attached hydrogen (secondary N) is 2. The molecule has 15 heavy (non-hydrogen) atoms. The predicted molar refractivity (Wildman–Crippen MR) is 57.7 cm³/mol. The first-order chi connectivity index (χ1) is 6.29. The van der Waals surface area contributed by atoms with E-state index in [0.29, 0.717) is 0 Å². The number of aliphatic hydroxyl groups excluding tert-OH is 2. The molecule has 0 bridgehead atoms. The number of nitrogens with two attached hydrogens (primary N) is 4. The molecule has 11 heteroatoms. The van der Waals surface area contributed by atoms with E-state index in [1.54, 1.807) is 0 Å². The molecule has 0 aliphatic heterocycles. The summed E-state index contributed by atoms with van der Waals surface area (Å²) in [5.74, 6) is -0.667. The Morgan fingerprint density at radius 1 is 0.867 bits per heavy atom. The molecule has 88 valence electrons. The molecule has 0 amide bonds. The molecule has 0 rings (SSSR count). The van der Waals surface area contributed by atoms with Crippen LogP contribution in [0.3, 0.4) is 0 Å². The number of guanidine groups is 2. The van der Waals surface area contributed by atoms with Crippen molar-refractivity contribution in [3.63, 3.8) is 0 Å². The molecule has 12 N–H and O–H groups in total. The van der Waals surface area contributed by atoms with Gasteiger partial charge in [0.1, 0.15) is 0 Å². The van der Waals surface area contributed by atoms with Crippen molar-refractivity contribution in [1.29, 1.82) is 21.3 Å². The number of aliphatic hydroxyl groups is 2. The van der Waals surface area contributed by atoms with Gasteiger partial charge in [-0.1, -0.05) is 0 Å². The van der Waals surface area contributed by atoms with E-state index in [0.717, 1.165) is 12.5 Å². The lowest BCUT2D eigenvalue weighted by molar-refractivity contribution is 0.502. The van der Waals surface area contributed by atoms with Gasteiger partial charge in [0.2, 0.25) is 0 Å². The first-order valence-electron chi connectivity index (χ1n) is 2.55. The van der Waals surface area contributed by atoms with Gasteiger partial charge in [0.15, 0.2) is 11.9 Å². The topological polar surface area (TPSA) is 240 Å². The summed E-state index contributed by atoms with van der Waals surface area (Å²) >= 11 is 0. The number of nitriles is 2. The van der Waals surface area contributed by atoms with Gasteiger partial charge in [-0.25, -0.2) is 0 Å². The zero-order chi connectivity index (χ0) is 12.6. The maximum absolute atomic E-state index is 6.88. The highest BCUT2D eigenvalue weighted by Crippen LogP contribution is 1.14. The molecule has 0 aromatic carbocycles. The van der Waals surface area contributed by atoms with Gasteiger partial charge in [0, 0.05) is 0 Å². The fraction of sp³-hybridized carbons (Fsp3) is 0. The molecular formula is C4H14N8O2S. The number of hydrogen-bond donors (Lipinski definition) is 8. The van der Waals surface area contributed by atoms with Crippen molar-refractivity contribution in [2.45, 2.75) is 0 Å². The van der Waals surface area contributed by atoms with Crippen molar-refractivity contribution in [3.05, 3.63) is 0 Å². The lowest BCUT2D eigenvalue weighted by atomic mass is 11.1. The van der Waals surface area contributed by atoms with Gasteiger partial charge in [0.05, 0.1) is 0 Å². The summed E-state index contributed by atoms with van der Waals surface area (Å²) in [5.41, 5.74) is 17.9. The van der Waals surface area contributed by atoms with Gasteiger partial charge < -0.3 is 33.1 Å². The van der Waals surface area contributed by atoms with Crippen molar-refractivity contribution < 1.29 is 10.2 Å². The predicted octanol–water partition coefficient (Wildman–Crippen LogP) is -2.53. The first kappa shape index (κ1) is 29.4. The molecule has 0 fully saturated rings. The summed E-state index contributed by atoms with van der Waals surface area (Å²) in [4.78, 5) is 0. The van der Waals surface area contributed by atoms with E-state index in [2.05, 4.69) is 22.9 Å². The zero-order valence-electron chi connectivity index (χ0n) is 7.60. The normalized spacial score (nSPS) is 4.13. The van der Waals surface area contributed by atoms with Crippen LogP contribution >= 0.6 is 13.5 Å². The van der Waals surface area contributed by atoms with Gasteiger partial charge in [-0.05, 0) is 0 Å². The third kappa shape index (κ3) is 161. The van der Waals surface area contributed by atoms with Crippen LogP contribution in [-0.4, -0.2) is 22.1 Å². The Hall–Kier alpha value is -2.53. The van der Waals surface area contributed by atoms with E-state index in [-0.39, 0.29) is 25.4 Å². The minimum Gasteiger partial charge on any atom is -0.443 e. The minimum absolute atomic E-state index is 0. The second-order valence-electron chi connectivity index (χ2n) is 1.11. The standard InChI is InChI=1S/2CH5N3.2CHNO.H2S/c2*2-1(3)4;2*2-1-3;/h2*(H5,2,3,4);2*3H;1H2. The number of hydrogen-bond acceptors (Lipinski definition) is 6. The van der Waals surface area contributed by atoms with E-state index in [9.17, 15) is 0 Å². The summed E-state index contributed by atoms with van der Waals surface area (Å²) in [6, 6.07) is 0. The van der Waals surface area contributed by atoms with E-state index >= 15 is 0 Å². The second kappa shape index (κ2) is 42.0. The average molecular weight is 238 g/mol. The molecule has 0 saturated heterocycles. The highest BCUT2D eigenvalue weighted by molar-refractivity contribution is 7.59. The summed E-state index contributed by atoms with van der Waals surface area (Å²) in [5, 5.41) is 39.6. The van der Waals surface area contributed by atoms with Gasteiger partial charge in [-0.15, -0.1) is 0 Å². The average Bonchev–Trinajstić information content (AvgIpc) is 1.85. The molecule has 0 atom stereocenters. The fourth-order valence-electron chi connectivity index (χ4n) is 0. The van der Waals surface area contributed by atoms with Crippen LogP contribution < -0.4 is 22.9 Å².